The summed E-state index contributed by atoms with van der Waals surface area (Å²) in [5.41, 5.74) is 0.986. The smallest absolute Gasteiger partial charge is 0.253 e. The molecule has 0 radical (unpaired) electrons. The van der Waals surface area contributed by atoms with E-state index in [-0.39, 0.29) is 20.8 Å². The van der Waals surface area contributed by atoms with Crippen LogP contribution in [0.4, 0.5) is 5.69 Å². The number of halogens is 2. The van der Waals surface area contributed by atoms with E-state index in [2.05, 4.69) is 10.2 Å². The number of hydrogen-bond donors (Lipinski definition) is 1. The Balaban J connectivity index is 1.61. The van der Waals surface area contributed by atoms with E-state index in [1.54, 1.807) is 29.2 Å². The number of piperazine rings is 1. The zero-order chi connectivity index (χ0) is 23.5. The largest absolute Gasteiger partial charge is 0.336 e. The van der Waals surface area contributed by atoms with Crippen molar-refractivity contribution in [2.45, 2.75) is 4.90 Å². The molecule has 0 bridgehead atoms. The highest BCUT2D eigenvalue weighted by molar-refractivity contribution is 7.89. The molecule has 11 heteroatoms. The van der Waals surface area contributed by atoms with Crippen LogP contribution in [0.15, 0.2) is 47.4 Å². The molecular weight excluding hydrogens is 475 g/mol. The summed E-state index contributed by atoms with van der Waals surface area (Å²) in [6.07, 6.45) is 0. The van der Waals surface area contributed by atoms with Gasteiger partial charge in [0.05, 0.1) is 11.6 Å². The lowest BCUT2D eigenvalue weighted by Gasteiger charge is -2.32. The van der Waals surface area contributed by atoms with Gasteiger partial charge in [-0.3, -0.25) is 9.59 Å². The number of anilines is 1. The van der Waals surface area contributed by atoms with Gasteiger partial charge in [-0.2, -0.15) is 4.31 Å². The van der Waals surface area contributed by atoms with E-state index in [9.17, 15) is 18.0 Å². The van der Waals surface area contributed by atoms with Gasteiger partial charge in [-0.05, 0) is 49.5 Å². The molecule has 0 unspecified atom stereocenters. The van der Waals surface area contributed by atoms with Crippen molar-refractivity contribution in [2.24, 2.45) is 0 Å². The van der Waals surface area contributed by atoms with E-state index in [1.165, 1.54) is 25.2 Å². The second-order valence-electron chi connectivity index (χ2n) is 7.56. The fraction of sp³-hybridized carbons (Fsp3) is 0.333. The third-order valence-corrected chi connectivity index (χ3v) is 7.67. The van der Waals surface area contributed by atoms with Crippen molar-refractivity contribution < 1.29 is 18.0 Å². The fourth-order valence-electron chi connectivity index (χ4n) is 3.22. The molecule has 1 aliphatic rings. The van der Waals surface area contributed by atoms with E-state index >= 15 is 0 Å². The average Bonchev–Trinajstić information content (AvgIpc) is 2.75. The second kappa shape index (κ2) is 10.2. The lowest BCUT2D eigenvalue weighted by Crippen LogP contribution is -2.47. The number of hydrogen-bond acceptors (Lipinski definition) is 5. The van der Waals surface area contributed by atoms with Gasteiger partial charge < -0.3 is 15.1 Å². The molecule has 2 aromatic carbocycles. The third kappa shape index (κ3) is 5.79. The van der Waals surface area contributed by atoms with Gasteiger partial charge in [-0.15, -0.1) is 0 Å². The predicted molar refractivity (Wildman–Crippen MR) is 125 cm³/mol. The maximum atomic E-state index is 12.7. The molecule has 0 atom stereocenters. The van der Waals surface area contributed by atoms with Crippen LogP contribution in [0.1, 0.15) is 10.4 Å². The van der Waals surface area contributed by atoms with Crippen molar-refractivity contribution in [1.29, 1.82) is 0 Å². The quantitative estimate of drug-likeness (QED) is 0.660. The topological polar surface area (TPSA) is 90.0 Å². The fourth-order valence-corrected chi connectivity index (χ4v) is 5.08. The number of sulfonamides is 1. The summed E-state index contributed by atoms with van der Waals surface area (Å²) in [4.78, 5) is 28.8. The molecule has 8 nitrogen and oxygen atoms in total. The van der Waals surface area contributed by atoms with E-state index in [1.807, 2.05) is 7.05 Å². The molecule has 1 fully saturated rings. The Morgan fingerprint density at radius 2 is 1.66 bits per heavy atom. The molecule has 2 amide bonds. The number of carbonyl (C=O) groups is 2. The Morgan fingerprint density at radius 3 is 2.28 bits per heavy atom. The highest BCUT2D eigenvalue weighted by Crippen LogP contribution is 2.27. The van der Waals surface area contributed by atoms with Crippen LogP contribution in [0.3, 0.4) is 0 Å². The first-order valence-electron chi connectivity index (χ1n) is 9.87. The summed E-state index contributed by atoms with van der Waals surface area (Å²) in [5, 5.41) is 2.87. The summed E-state index contributed by atoms with van der Waals surface area (Å²) in [7, 11) is -0.710. The van der Waals surface area contributed by atoms with Crippen LogP contribution >= 0.6 is 23.2 Å². The van der Waals surface area contributed by atoms with Crippen LogP contribution in [0, 0.1) is 0 Å². The minimum Gasteiger partial charge on any atom is -0.336 e. The van der Waals surface area contributed by atoms with Crippen LogP contribution < -0.4 is 5.32 Å². The lowest BCUT2D eigenvalue weighted by atomic mass is 10.1. The first-order valence-corrected chi connectivity index (χ1v) is 12.1. The van der Waals surface area contributed by atoms with E-state index < -0.39 is 22.5 Å². The SMILES string of the molecule is CN1CCN(C(=O)c2ccc(NC(=O)CN(C)S(=O)(=O)c3cc(Cl)ccc3Cl)cc2)CC1. The lowest BCUT2D eigenvalue weighted by molar-refractivity contribution is -0.116. The molecule has 3 rings (SSSR count). The first kappa shape index (κ1) is 24.5. The van der Waals surface area contributed by atoms with Crippen LogP contribution in [-0.4, -0.2) is 81.2 Å². The van der Waals surface area contributed by atoms with Gasteiger partial charge in [0.15, 0.2) is 0 Å². The van der Waals surface area contributed by atoms with Gasteiger partial charge >= 0.3 is 0 Å². The van der Waals surface area contributed by atoms with Gasteiger partial charge in [0.2, 0.25) is 15.9 Å². The Bertz CT molecular complexity index is 1100. The molecule has 1 saturated heterocycles. The zero-order valence-electron chi connectivity index (χ0n) is 17.7. The van der Waals surface area contributed by atoms with Crippen LogP contribution in [0.2, 0.25) is 10.0 Å². The number of nitrogens with zero attached hydrogens (tertiary/aromatic N) is 3. The number of carbonyl (C=O) groups excluding carboxylic acids is 2. The van der Waals surface area contributed by atoms with E-state index in [0.717, 1.165) is 17.4 Å². The Kier molecular flexibility index (Phi) is 7.79. The van der Waals surface area contributed by atoms with Gasteiger partial charge in [0, 0.05) is 49.5 Å². The maximum Gasteiger partial charge on any atom is 0.253 e. The van der Waals surface area contributed by atoms with Crippen LogP contribution in [0.25, 0.3) is 0 Å². The number of rotatable bonds is 6. The monoisotopic (exact) mass is 498 g/mol. The molecule has 0 saturated carbocycles. The number of benzene rings is 2. The minimum absolute atomic E-state index is 0.0160. The van der Waals surface area contributed by atoms with Crippen molar-refractivity contribution >= 4 is 50.7 Å². The van der Waals surface area contributed by atoms with Crippen molar-refractivity contribution in [2.75, 3.05) is 52.1 Å². The first-order chi connectivity index (χ1) is 15.1. The summed E-state index contributed by atoms with van der Waals surface area (Å²) < 4.78 is 26.4. The van der Waals surface area contributed by atoms with Crippen LogP contribution in [-0.2, 0) is 14.8 Å². The highest BCUT2D eigenvalue weighted by Gasteiger charge is 2.26. The van der Waals surface area contributed by atoms with Gasteiger partial charge in [-0.1, -0.05) is 23.2 Å². The second-order valence-corrected chi connectivity index (χ2v) is 10.4. The predicted octanol–water partition coefficient (Wildman–Crippen LogP) is 2.64. The minimum atomic E-state index is -4.01. The third-order valence-electron chi connectivity index (χ3n) is 5.15. The van der Waals surface area contributed by atoms with Gasteiger partial charge in [0.25, 0.3) is 5.91 Å². The number of likely N-dealkylation sites (N-methyl/N-ethyl adjacent to an activating group) is 2. The molecule has 1 aliphatic heterocycles. The summed E-state index contributed by atoms with van der Waals surface area (Å²) in [6, 6.07) is 10.6. The number of nitrogens with one attached hydrogen (secondary N) is 1. The highest BCUT2D eigenvalue weighted by atomic mass is 35.5. The Morgan fingerprint density at radius 1 is 1.03 bits per heavy atom. The van der Waals surface area contributed by atoms with Gasteiger partial charge in [0.1, 0.15) is 4.90 Å². The number of amides is 2. The van der Waals surface area contributed by atoms with E-state index in [4.69, 9.17) is 23.2 Å². The van der Waals surface area contributed by atoms with Gasteiger partial charge in [-0.25, -0.2) is 8.42 Å². The molecule has 32 heavy (non-hydrogen) atoms. The normalized spacial score (nSPS) is 15.1. The molecule has 0 aromatic heterocycles. The molecule has 1 N–H and O–H groups in total. The van der Waals surface area contributed by atoms with Crippen molar-refractivity contribution in [3.05, 3.63) is 58.1 Å². The standard InChI is InChI=1S/C21H24Cl2N4O4S/c1-25-9-11-27(12-10-25)21(29)15-3-6-17(7-4-15)24-20(28)14-26(2)32(30,31)19-13-16(22)5-8-18(19)23/h3-8,13H,9-12,14H2,1-2H3,(H,24,28). The molecule has 0 aliphatic carbocycles. The van der Waals surface area contributed by atoms with Crippen molar-refractivity contribution in [3.8, 4) is 0 Å². The maximum absolute atomic E-state index is 12.7. The molecule has 1 heterocycles. The van der Waals surface area contributed by atoms with E-state index in [0.29, 0.717) is 24.3 Å². The Hall–Kier alpha value is -2.17. The van der Waals surface area contributed by atoms with Crippen molar-refractivity contribution in [3.63, 3.8) is 0 Å². The van der Waals surface area contributed by atoms with Crippen molar-refractivity contribution in [1.82, 2.24) is 14.1 Å². The van der Waals surface area contributed by atoms with Crippen LogP contribution in [0.5, 0.6) is 0 Å². The zero-order valence-corrected chi connectivity index (χ0v) is 20.0. The summed E-state index contributed by atoms with van der Waals surface area (Å²) in [5.74, 6) is -0.590. The molecule has 172 valence electrons. The Labute approximate surface area is 197 Å². The summed E-state index contributed by atoms with van der Waals surface area (Å²) in [6.45, 7) is 2.58. The summed E-state index contributed by atoms with van der Waals surface area (Å²) >= 11 is 11.9. The molecule has 2 aromatic rings. The molecule has 0 spiro atoms. The average molecular weight is 499 g/mol. The molecular formula is C21H24Cl2N4O4S.